The molecule has 3 nitrogen and oxygen atoms in total. The second kappa shape index (κ2) is 8.39. The van der Waals surface area contributed by atoms with Gasteiger partial charge in [0.25, 0.3) is 0 Å². The SMILES string of the molecule is CC(NCCSCCCO)c1ccc(O)cc1. The molecule has 0 fully saturated rings. The summed E-state index contributed by atoms with van der Waals surface area (Å²) in [6.45, 7) is 3.35. The smallest absolute Gasteiger partial charge is 0.115 e. The fourth-order valence-electron chi connectivity index (χ4n) is 1.50. The quantitative estimate of drug-likeness (QED) is 0.623. The molecule has 0 aliphatic heterocycles. The third-order valence-electron chi connectivity index (χ3n) is 2.54. The van der Waals surface area contributed by atoms with Crippen LogP contribution in [0.5, 0.6) is 5.75 Å². The van der Waals surface area contributed by atoms with E-state index < -0.39 is 0 Å². The van der Waals surface area contributed by atoms with E-state index in [9.17, 15) is 5.11 Å². The Labute approximate surface area is 107 Å². The van der Waals surface area contributed by atoms with Crippen molar-refractivity contribution in [2.45, 2.75) is 19.4 Å². The lowest BCUT2D eigenvalue weighted by Crippen LogP contribution is -2.21. The van der Waals surface area contributed by atoms with E-state index in [2.05, 4.69) is 12.2 Å². The van der Waals surface area contributed by atoms with Gasteiger partial charge in [-0.05, 0) is 36.8 Å². The molecule has 17 heavy (non-hydrogen) atoms. The van der Waals surface area contributed by atoms with Crippen LogP contribution in [0.4, 0.5) is 0 Å². The van der Waals surface area contributed by atoms with Gasteiger partial charge in [-0.15, -0.1) is 0 Å². The molecule has 1 unspecified atom stereocenters. The number of hydrogen-bond acceptors (Lipinski definition) is 4. The maximum absolute atomic E-state index is 9.19. The van der Waals surface area contributed by atoms with Crippen LogP contribution >= 0.6 is 11.8 Å². The van der Waals surface area contributed by atoms with E-state index >= 15 is 0 Å². The van der Waals surface area contributed by atoms with Crippen LogP contribution in [-0.2, 0) is 0 Å². The number of thioether (sulfide) groups is 1. The second-order valence-corrected chi connectivity index (χ2v) is 5.18. The van der Waals surface area contributed by atoms with Gasteiger partial charge >= 0.3 is 0 Å². The zero-order valence-electron chi connectivity index (χ0n) is 10.2. The van der Waals surface area contributed by atoms with Gasteiger partial charge in [-0.2, -0.15) is 11.8 Å². The summed E-state index contributed by atoms with van der Waals surface area (Å²) < 4.78 is 0. The van der Waals surface area contributed by atoms with Crippen molar-refractivity contribution in [2.75, 3.05) is 24.7 Å². The van der Waals surface area contributed by atoms with E-state index in [0.717, 1.165) is 24.5 Å². The first-order valence-electron chi connectivity index (χ1n) is 5.95. The van der Waals surface area contributed by atoms with Crippen molar-refractivity contribution < 1.29 is 10.2 Å². The van der Waals surface area contributed by atoms with Crippen LogP contribution in [-0.4, -0.2) is 34.9 Å². The van der Waals surface area contributed by atoms with Crippen LogP contribution < -0.4 is 5.32 Å². The topological polar surface area (TPSA) is 52.5 Å². The van der Waals surface area contributed by atoms with E-state index in [1.807, 2.05) is 23.9 Å². The molecule has 96 valence electrons. The molecule has 1 rings (SSSR count). The highest BCUT2D eigenvalue weighted by Gasteiger charge is 2.03. The van der Waals surface area contributed by atoms with Crippen LogP contribution in [0.3, 0.4) is 0 Å². The van der Waals surface area contributed by atoms with Gasteiger partial charge in [-0.25, -0.2) is 0 Å². The fourth-order valence-corrected chi connectivity index (χ4v) is 2.30. The molecule has 0 bridgehead atoms. The molecule has 0 radical (unpaired) electrons. The average Bonchev–Trinajstić information content (AvgIpc) is 2.34. The molecule has 0 aliphatic carbocycles. The van der Waals surface area contributed by atoms with Crippen molar-refractivity contribution in [3.63, 3.8) is 0 Å². The molecular weight excluding hydrogens is 234 g/mol. The first-order valence-corrected chi connectivity index (χ1v) is 7.10. The van der Waals surface area contributed by atoms with Crippen molar-refractivity contribution in [1.82, 2.24) is 5.32 Å². The Hall–Kier alpha value is -0.710. The zero-order chi connectivity index (χ0) is 12.5. The fraction of sp³-hybridized carbons (Fsp3) is 0.538. The summed E-state index contributed by atoms with van der Waals surface area (Å²) in [5.74, 6) is 2.38. The van der Waals surface area contributed by atoms with Crippen molar-refractivity contribution in [3.05, 3.63) is 29.8 Å². The van der Waals surface area contributed by atoms with Crippen LogP contribution in [0.25, 0.3) is 0 Å². The first kappa shape index (κ1) is 14.4. The van der Waals surface area contributed by atoms with Crippen molar-refractivity contribution in [2.24, 2.45) is 0 Å². The molecule has 3 N–H and O–H groups in total. The third-order valence-corrected chi connectivity index (χ3v) is 3.61. The summed E-state index contributed by atoms with van der Waals surface area (Å²) in [7, 11) is 0. The molecule has 0 saturated heterocycles. The molecule has 0 aliphatic rings. The number of phenols is 1. The van der Waals surface area contributed by atoms with E-state index in [-0.39, 0.29) is 6.61 Å². The molecule has 0 amide bonds. The maximum Gasteiger partial charge on any atom is 0.115 e. The van der Waals surface area contributed by atoms with Gasteiger partial charge < -0.3 is 15.5 Å². The Bertz CT molecular complexity index is 303. The Kier molecular flexibility index (Phi) is 7.08. The Morgan fingerprint density at radius 1 is 1.24 bits per heavy atom. The lowest BCUT2D eigenvalue weighted by molar-refractivity contribution is 0.296. The lowest BCUT2D eigenvalue weighted by atomic mass is 10.1. The van der Waals surface area contributed by atoms with Crippen LogP contribution in [0.15, 0.2) is 24.3 Å². The van der Waals surface area contributed by atoms with Crippen LogP contribution in [0.2, 0.25) is 0 Å². The van der Waals surface area contributed by atoms with Crippen LogP contribution in [0.1, 0.15) is 24.9 Å². The summed E-state index contributed by atoms with van der Waals surface area (Å²) in [4.78, 5) is 0. The second-order valence-electron chi connectivity index (χ2n) is 3.96. The summed E-state index contributed by atoms with van der Waals surface area (Å²) in [5.41, 5.74) is 1.18. The zero-order valence-corrected chi connectivity index (χ0v) is 11.0. The lowest BCUT2D eigenvalue weighted by Gasteiger charge is -2.14. The standard InChI is InChI=1S/C13H21NO2S/c1-11(12-3-5-13(16)6-4-12)14-7-10-17-9-2-8-15/h3-6,11,14-16H,2,7-10H2,1H3. The van der Waals surface area contributed by atoms with Crippen molar-refractivity contribution in [3.8, 4) is 5.75 Å². The van der Waals surface area contributed by atoms with Crippen LogP contribution in [0, 0.1) is 0 Å². The highest BCUT2D eigenvalue weighted by Crippen LogP contribution is 2.16. The summed E-state index contributed by atoms with van der Waals surface area (Å²) >= 11 is 1.85. The summed E-state index contributed by atoms with van der Waals surface area (Å²) in [6, 6.07) is 7.60. The van der Waals surface area contributed by atoms with Crippen molar-refractivity contribution in [1.29, 1.82) is 0 Å². The van der Waals surface area contributed by atoms with Gasteiger partial charge in [-0.3, -0.25) is 0 Å². The average molecular weight is 255 g/mol. The number of rotatable bonds is 8. The molecule has 1 aromatic carbocycles. The number of aromatic hydroxyl groups is 1. The Balaban J connectivity index is 2.16. The number of aliphatic hydroxyl groups excluding tert-OH is 1. The number of benzene rings is 1. The Morgan fingerprint density at radius 3 is 2.59 bits per heavy atom. The molecule has 0 aromatic heterocycles. The predicted octanol–water partition coefficient (Wildman–Crippen LogP) is 2.16. The summed E-state index contributed by atoms with van der Waals surface area (Å²) in [6.07, 6.45) is 0.873. The highest BCUT2D eigenvalue weighted by molar-refractivity contribution is 7.99. The number of hydrogen-bond donors (Lipinski definition) is 3. The number of aliphatic hydroxyl groups is 1. The predicted molar refractivity (Wildman–Crippen MR) is 73.6 cm³/mol. The van der Waals surface area contributed by atoms with Gasteiger partial charge in [0.1, 0.15) is 5.75 Å². The molecule has 0 spiro atoms. The minimum atomic E-state index is 0.282. The van der Waals surface area contributed by atoms with E-state index in [1.54, 1.807) is 12.1 Å². The number of phenolic OH excluding ortho intramolecular Hbond substituents is 1. The monoisotopic (exact) mass is 255 g/mol. The minimum absolute atomic E-state index is 0.282. The summed E-state index contributed by atoms with van der Waals surface area (Å²) in [5, 5.41) is 21.3. The van der Waals surface area contributed by atoms with Gasteiger partial charge in [0.15, 0.2) is 0 Å². The highest BCUT2D eigenvalue weighted by atomic mass is 32.2. The van der Waals surface area contributed by atoms with Gasteiger partial charge in [-0.1, -0.05) is 12.1 Å². The maximum atomic E-state index is 9.19. The minimum Gasteiger partial charge on any atom is -0.508 e. The van der Waals surface area contributed by atoms with Gasteiger partial charge in [0.05, 0.1) is 0 Å². The van der Waals surface area contributed by atoms with E-state index in [0.29, 0.717) is 11.8 Å². The van der Waals surface area contributed by atoms with Gasteiger partial charge in [0.2, 0.25) is 0 Å². The number of nitrogens with one attached hydrogen (secondary N) is 1. The molecule has 1 aromatic rings. The van der Waals surface area contributed by atoms with Crippen molar-refractivity contribution >= 4 is 11.8 Å². The normalized spacial score (nSPS) is 12.6. The Morgan fingerprint density at radius 2 is 1.94 bits per heavy atom. The van der Waals surface area contributed by atoms with E-state index in [1.165, 1.54) is 5.56 Å². The molecule has 0 heterocycles. The molecule has 4 heteroatoms. The molecular formula is C13H21NO2S. The van der Waals surface area contributed by atoms with E-state index in [4.69, 9.17) is 5.11 Å². The largest absolute Gasteiger partial charge is 0.508 e. The first-order chi connectivity index (χ1) is 8.24. The third kappa shape index (κ3) is 5.96. The molecule has 1 atom stereocenters. The van der Waals surface area contributed by atoms with Gasteiger partial charge in [0, 0.05) is 24.9 Å². The molecule has 0 saturated carbocycles.